The van der Waals surface area contributed by atoms with Crippen molar-refractivity contribution in [1.82, 2.24) is 0 Å². The molecule has 2 rings (SSSR count). The van der Waals surface area contributed by atoms with E-state index in [0.29, 0.717) is 12.4 Å². The second-order valence-electron chi connectivity index (χ2n) is 4.54. The molecule has 0 heterocycles. The lowest BCUT2D eigenvalue weighted by Crippen LogP contribution is -1.97. The highest BCUT2D eigenvalue weighted by atomic mass is 16.5. The number of phenolic OH excluding ortho intramolecular Hbond substituents is 1. The topological polar surface area (TPSA) is 29.5 Å². The molecule has 2 aromatic carbocycles. The first-order chi connectivity index (χ1) is 8.83. The highest BCUT2D eigenvalue weighted by Gasteiger charge is 2.06. The average molecular weight is 244 g/mol. The molecule has 0 unspecified atom stereocenters. The molecule has 2 nitrogen and oxygen atoms in total. The van der Waals surface area contributed by atoms with Crippen molar-refractivity contribution < 1.29 is 9.84 Å². The maximum Gasteiger partial charge on any atom is 0.165 e. The molecule has 0 aliphatic rings. The fourth-order valence-electron chi connectivity index (χ4n) is 2.06. The lowest BCUT2D eigenvalue weighted by Gasteiger charge is -2.09. The summed E-state index contributed by atoms with van der Waals surface area (Å²) in [6.07, 6.45) is 4.69. The van der Waals surface area contributed by atoms with Crippen LogP contribution in [0.25, 0.3) is 10.8 Å². The first-order valence-electron chi connectivity index (χ1n) is 6.66. The van der Waals surface area contributed by atoms with Gasteiger partial charge in [0.05, 0.1) is 6.61 Å². The number of hydrogen-bond donors (Lipinski definition) is 1. The summed E-state index contributed by atoms with van der Waals surface area (Å²) in [4.78, 5) is 0. The number of rotatable bonds is 6. The quantitative estimate of drug-likeness (QED) is 0.758. The Balaban J connectivity index is 2.03. The third-order valence-corrected chi connectivity index (χ3v) is 3.12. The number of ether oxygens (including phenoxy) is 1. The summed E-state index contributed by atoms with van der Waals surface area (Å²) >= 11 is 0. The zero-order valence-electron chi connectivity index (χ0n) is 10.9. The molecule has 2 heteroatoms. The molecule has 2 aromatic rings. The second-order valence-corrected chi connectivity index (χ2v) is 4.54. The van der Waals surface area contributed by atoms with Gasteiger partial charge in [-0.15, -0.1) is 0 Å². The fourth-order valence-corrected chi connectivity index (χ4v) is 2.06. The molecule has 0 spiro atoms. The molecule has 96 valence electrons. The van der Waals surface area contributed by atoms with Gasteiger partial charge in [0.2, 0.25) is 0 Å². The molecule has 0 saturated heterocycles. The number of fused-ring (bicyclic) bond motifs is 1. The van der Waals surface area contributed by atoms with E-state index in [1.807, 2.05) is 36.4 Å². The summed E-state index contributed by atoms with van der Waals surface area (Å²) in [7, 11) is 0. The Morgan fingerprint density at radius 2 is 1.83 bits per heavy atom. The van der Waals surface area contributed by atoms with Crippen LogP contribution in [0.2, 0.25) is 0 Å². The van der Waals surface area contributed by atoms with Gasteiger partial charge in [-0.3, -0.25) is 0 Å². The Morgan fingerprint density at radius 1 is 1.00 bits per heavy atom. The summed E-state index contributed by atoms with van der Waals surface area (Å²) in [5.74, 6) is 0.841. The lowest BCUT2D eigenvalue weighted by molar-refractivity contribution is 0.290. The third kappa shape index (κ3) is 2.95. The van der Waals surface area contributed by atoms with Crippen molar-refractivity contribution in [3.63, 3.8) is 0 Å². The Morgan fingerprint density at radius 3 is 2.67 bits per heavy atom. The predicted octanol–water partition coefficient (Wildman–Crippen LogP) is 4.50. The van der Waals surface area contributed by atoms with Gasteiger partial charge in [0, 0.05) is 5.39 Å². The Kier molecular flexibility index (Phi) is 4.46. The van der Waals surface area contributed by atoms with E-state index >= 15 is 0 Å². The summed E-state index contributed by atoms with van der Waals surface area (Å²) in [6.45, 7) is 2.86. The molecule has 0 atom stereocenters. The van der Waals surface area contributed by atoms with E-state index in [-0.39, 0.29) is 5.75 Å². The number of aromatic hydroxyl groups is 1. The van der Waals surface area contributed by atoms with Gasteiger partial charge in [0.15, 0.2) is 11.5 Å². The molecule has 0 bridgehead atoms. The summed E-state index contributed by atoms with van der Waals surface area (Å²) in [6, 6.07) is 11.6. The number of hydrogen-bond acceptors (Lipinski definition) is 2. The van der Waals surface area contributed by atoms with Crippen LogP contribution >= 0.6 is 0 Å². The van der Waals surface area contributed by atoms with Crippen molar-refractivity contribution >= 4 is 10.8 Å². The standard InChI is InChI=1S/C16H20O2/c1-2-3-4-7-12-18-15-11-10-13-8-5-6-9-14(13)16(15)17/h5-6,8-11,17H,2-4,7,12H2,1H3. The zero-order valence-corrected chi connectivity index (χ0v) is 10.9. The molecule has 0 aromatic heterocycles. The van der Waals surface area contributed by atoms with Gasteiger partial charge in [-0.1, -0.05) is 56.5 Å². The highest BCUT2D eigenvalue weighted by molar-refractivity contribution is 5.90. The van der Waals surface area contributed by atoms with E-state index in [1.54, 1.807) is 0 Å². The molecule has 18 heavy (non-hydrogen) atoms. The minimum Gasteiger partial charge on any atom is -0.504 e. The van der Waals surface area contributed by atoms with Crippen molar-refractivity contribution in [1.29, 1.82) is 0 Å². The van der Waals surface area contributed by atoms with Crippen LogP contribution in [0.5, 0.6) is 11.5 Å². The normalized spacial score (nSPS) is 10.7. The third-order valence-electron chi connectivity index (χ3n) is 3.12. The molecule has 0 saturated carbocycles. The van der Waals surface area contributed by atoms with Crippen molar-refractivity contribution in [2.24, 2.45) is 0 Å². The van der Waals surface area contributed by atoms with Crippen LogP contribution in [0.15, 0.2) is 36.4 Å². The van der Waals surface area contributed by atoms with E-state index in [2.05, 4.69) is 6.92 Å². The fraction of sp³-hybridized carbons (Fsp3) is 0.375. The maximum atomic E-state index is 10.1. The SMILES string of the molecule is CCCCCCOc1ccc2ccccc2c1O. The largest absolute Gasteiger partial charge is 0.504 e. The minimum atomic E-state index is 0.253. The van der Waals surface area contributed by atoms with E-state index < -0.39 is 0 Å². The van der Waals surface area contributed by atoms with Gasteiger partial charge < -0.3 is 9.84 Å². The zero-order chi connectivity index (χ0) is 12.8. The van der Waals surface area contributed by atoms with Crippen LogP contribution in [0.3, 0.4) is 0 Å². The molecule has 0 aliphatic heterocycles. The smallest absolute Gasteiger partial charge is 0.165 e. The number of benzene rings is 2. The van der Waals surface area contributed by atoms with Crippen LogP contribution in [-0.2, 0) is 0 Å². The number of unbranched alkanes of at least 4 members (excludes halogenated alkanes) is 3. The molecular weight excluding hydrogens is 224 g/mol. The van der Waals surface area contributed by atoms with Crippen molar-refractivity contribution in [2.75, 3.05) is 6.61 Å². The van der Waals surface area contributed by atoms with Crippen LogP contribution < -0.4 is 4.74 Å². The molecule has 0 radical (unpaired) electrons. The van der Waals surface area contributed by atoms with E-state index in [9.17, 15) is 5.11 Å². The van der Waals surface area contributed by atoms with Gasteiger partial charge in [-0.05, 0) is 17.9 Å². The van der Waals surface area contributed by atoms with Crippen LogP contribution in [0.1, 0.15) is 32.6 Å². The van der Waals surface area contributed by atoms with Crippen molar-refractivity contribution in [3.8, 4) is 11.5 Å². The average Bonchev–Trinajstić information content (AvgIpc) is 2.41. The summed E-state index contributed by atoms with van der Waals surface area (Å²) < 4.78 is 5.64. The molecule has 0 fully saturated rings. The Hall–Kier alpha value is -1.70. The van der Waals surface area contributed by atoms with Gasteiger partial charge in [-0.25, -0.2) is 0 Å². The van der Waals surface area contributed by atoms with E-state index in [0.717, 1.165) is 17.2 Å². The Labute approximate surface area is 108 Å². The first-order valence-corrected chi connectivity index (χ1v) is 6.66. The maximum absolute atomic E-state index is 10.1. The van der Waals surface area contributed by atoms with Crippen LogP contribution in [0.4, 0.5) is 0 Å². The minimum absolute atomic E-state index is 0.253. The summed E-state index contributed by atoms with van der Waals surface area (Å²) in [5.41, 5.74) is 0. The molecular formula is C16H20O2. The second kappa shape index (κ2) is 6.29. The Bertz CT molecular complexity index is 505. The van der Waals surface area contributed by atoms with Crippen LogP contribution in [0, 0.1) is 0 Å². The molecule has 0 amide bonds. The van der Waals surface area contributed by atoms with E-state index in [1.165, 1.54) is 19.3 Å². The van der Waals surface area contributed by atoms with Gasteiger partial charge in [-0.2, -0.15) is 0 Å². The van der Waals surface area contributed by atoms with E-state index in [4.69, 9.17) is 4.74 Å². The van der Waals surface area contributed by atoms with Gasteiger partial charge >= 0.3 is 0 Å². The van der Waals surface area contributed by atoms with Crippen molar-refractivity contribution in [2.45, 2.75) is 32.6 Å². The van der Waals surface area contributed by atoms with Gasteiger partial charge in [0.1, 0.15) is 0 Å². The number of phenols is 1. The highest BCUT2D eigenvalue weighted by Crippen LogP contribution is 2.34. The predicted molar refractivity (Wildman–Crippen MR) is 75.2 cm³/mol. The van der Waals surface area contributed by atoms with Gasteiger partial charge in [0.25, 0.3) is 0 Å². The lowest BCUT2D eigenvalue weighted by atomic mass is 10.1. The van der Waals surface area contributed by atoms with Crippen LogP contribution in [-0.4, -0.2) is 11.7 Å². The first kappa shape index (κ1) is 12.7. The monoisotopic (exact) mass is 244 g/mol. The molecule has 1 N–H and O–H groups in total. The van der Waals surface area contributed by atoms with Crippen molar-refractivity contribution in [3.05, 3.63) is 36.4 Å². The molecule has 0 aliphatic carbocycles. The summed E-state index contributed by atoms with van der Waals surface area (Å²) in [5, 5.41) is 12.0.